The second kappa shape index (κ2) is 4.31. The lowest BCUT2D eigenvalue weighted by Crippen LogP contribution is -2.36. The van der Waals surface area contributed by atoms with Crippen LogP contribution in [0.2, 0.25) is 0 Å². The molecule has 76 valence electrons. The van der Waals surface area contributed by atoms with Gasteiger partial charge in [-0.15, -0.1) is 0 Å². The van der Waals surface area contributed by atoms with Gasteiger partial charge >= 0.3 is 0 Å². The normalized spacial score (nSPS) is 16.3. The first-order valence-electron chi connectivity index (χ1n) is 5.25. The van der Waals surface area contributed by atoms with Crippen molar-refractivity contribution in [3.8, 4) is 0 Å². The van der Waals surface area contributed by atoms with E-state index in [0.29, 0.717) is 5.92 Å². The summed E-state index contributed by atoms with van der Waals surface area (Å²) < 4.78 is 2.07. The predicted octanol–water partition coefficient (Wildman–Crippen LogP) is 1.40. The Hall–Kier alpha value is -1.25. The molecule has 1 saturated carbocycles. The van der Waals surface area contributed by atoms with Crippen LogP contribution in [0, 0.1) is 5.92 Å². The van der Waals surface area contributed by atoms with Crippen LogP contribution >= 0.6 is 0 Å². The Morgan fingerprint density at radius 3 is 2.64 bits per heavy atom. The van der Waals surface area contributed by atoms with Gasteiger partial charge in [0.2, 0.25) is 5.91 Å². The van der Waals surface area contributed by atoms with Gasteiger partial charge in [0.1, 0.15) is 0 Å². The van der Waals surface area contributed by atoms with Crippen molar-refractivity contribution in [3.63, 3.8) is 0 Å². The summed E-state index contributed by atoms with van der Waals surface area (Å²) in [5.41, 5.74) is 0. The van der Waals surface area contributed by atoms with E-state index in [9.17, 15) is 4.79 Å². The maximum Gasteiger partial charge on any atom is 0.223 e. The third kappa shape index (κ3) is 2.16. The van der Waals surface area contributed by atoms with Gasteiger partial charge in [-0.1, -0.05) is 6.42 Å². The Bertz CT molecular complexity index is 288. The fourth-order valence-electron chi connectivity index (χ4n) is 1.64. The highest BCUT2D eigenvalue weighted by Gasteiger charge is 2.24. The van der Waals surface area contributed by atoms with Crippen molar-refractivity contribution in [1.82, 2.24) is 9.88 Å². The Morgan fingerprint density at radius 1 is 1.36 bits per heavy atom. The molecule has 1 aliphatic carbocycles. The van der Waals surface area contributed by atoms with Gasteiger partial charge in [-0.2, -0.15) is 0 Å². The third-order valence-corrected chi connectivity index (χ3v) is 2.81. The summed E-state index contributed by atoms with van der Waals surface area (Å²) in [5.74, 6) is 0.545. The lowest BCUT2D eigenvalue weighted by molar-refractivity contribution is -0.127. The summed E-state index contributed by atoms with van der Waals surface area (Å²) in [6.07, 6.45) is 7.39. The summed E-state index contributed by atoms with van der Waals surface area (Å²) in [5, 5.41) is 2.96. The van der Waals surface area contributed by atoms with E-state index in [4.69, 9.17) is 0 Å². The summed E-state index contributed by atoms with van der Waals surface area (Å²) in [4.78, 5) is 11.4. The monoisotopic (exact) mass is 192 g/mol. The quantitative estimate of drug-likeness (QED) is 0.768. The molecular weight excluding hydrogens is 176 g/mol. The van der Waals surface area contributed by atoms with Gasteiger partial charge < -0.3 is 9.88 Å². The summed E-state index contributed by atoms with van der Waals surface area (Å²) in [6.45, 7) is 1.61. The molecule has 0 bridgehead atoms. The van der Waals surface area contributed by atoms with Gasteiger partial charge in [0.15, 0.2) is 0 Å². The number of aromatic nitrogens is 1. The summed E-state index contributed by atoms with van der Waals surface area (Å²) in [6, 6.07) is 3.99. The van der Waals surface area contributed by atoms with Crippen LogP contribution in [0.15, 0.2) is 24.5 Å². The lowest BCUT2D eigenvalue weighted by Gasteiger charge is -2.24. The van der Waals surface area contributed by atoms with Gasteiger partial charge in [0, 0.05) is 31.4 Å². The van der Waals surface area contributed by atoms with Gasteiger partial charge in [-0.25, -0.2) is 0 Å². The molecular formula is C11H16N2O. The first kappa shape index (κ1) is 9.31. The topological polar surface area (TPSA) is 34.0 Å². The number of rotatable bonds is 4. The van der Waals surface area contributed by atoms with Crippen molar-refractivity contribution in [3.05, 3.63) is 24.5 Å². The molecule has 0 aliphatic heterocycles. The molecule has 1 aromatic heterocycles. The van der Waals surface area contributed by atoms with E-state index in [1.165, 1.54) is 6.42 Å². The van der Waals surface area contributed by atoms with E-state index >= 15 is 0 Å². The van der Waals surface area contributed by atoms with E-state index in [2.05, 4.69) is 9.88 Å². The standard InChI is InChI=1S/C11H16N2O/c14-11(10-4-3-5-10)12-6-9-13-7-1-2-8-13/h1-2,7-8,10H,3-6,9H2,(H,12,14). The Labute approximate surface area is 84.1 Å². The number of hydrogen-bond donors (Lipinski definition) is 1. The van der Waals surface area contributed by atoms with Crippen LogP contribution in [-0.4, -0.2) is 17.0 Å². The van der Waals surface area contributed by atoms with Gasteiger partial charge in [0.25, 0.3) is 0 Å². The minimum Gasteiger partial charge on any atom is -0.354 e. The van der Waals surface area contributed by atoms with Crippen LogP contribution in [0.5, 0.6) is 0 Å². The van der Waals surface area contributed by atoms with Gasteiger partial charge in [0.05, 0.1) is 0 Å². The average Bonchev–Trinajstić information content (AvgIpc) is 2.53. The molecule has 0 spiro atoms. The Morgan fingerprint density at radius 2 is 2.07 bits per heavy atom. The number of amides is 1. The molecule has 0 unspecified atom stereocenters. The third-order valence-electron chi connectivity index (χ3n) is 2.81. The molecule has 2 rings (SSSR count). The second-order valence-corrected chi connectivity index (χ2v) is 3.84. The molecule has 1 N–H and O–H groups in total. The van der Waals surface area contributed by atoms with Crippen molar-refractivity contribution in [1.29, 1.82) is 0 Å². The van der Waals surface area contributed by atoms with Crippen molar-refractivity contribution in [2.24, 2.45) is 5.92 Å². The predicted molar refractivity (Wildman–Crippen MR) is 54.8 cm³/mol. The molecule has 0 saturated heterocycles. The number of hydrogen-bond acceptors (Lipinski definition) is 1. The fourth-order valence-corrected chi connectivity index (χ4v) is 1.64. The zero-order valence-corrected chi connectivity index (χ0v) is 8.28. The minimum atomic E-state index is 0.239. The number of carbonyl (C=O) groups excluding carboxylic acids is 1. The number of nitrogens with zero attached hydrogens (tertiary/aromatic N) is 1. The molecule has 1 aliphatic rings. The Kier molecular flexibility index (Phi) is 2.87. The van der Waals surface area contributed by atoms with Crippen LogP contribution in [0.3, 0.4) is 0 Å². The molecule has 1 amide bonds. The van der Waals surface area contributed by atoms with E-state index in [-0.39, 0.29) is 5.91 Å². The minimum absolute atomic E-state index is 0.239. The van der Waals surface area contributed by atoms with Gasteiger partial charge in [-0.3, -0.25) is 4.79 Å². The second-order valence-electron chi connectivity index (χ2n) is 3.84. The van der Waals surface area contributed by atoms with E-state index in [1.54, 1.807) is 0 Å². The van der Waals surface area contributed by atoms with Crippen molar-refractivity contribution in [2.45, 2.75) is 25.8 Å². The smallest absolute Gasteiger partial charge is 0.223 e. The SMILES string of the molecule is O=C(NCCn1cccc1)C1CCC1. The molecule has 0 aromatic carbocycles. The maximum atomic E-state index is 11.4. The lowest BCUT2D eigenvalue weighted by atomic mass is 9.85. The van der Waals surface area contributed by atoms with Crippen molar-refractivity contribution >= 4 is 5.91 Å². The van der Waals surface area contributed by atoms with Crippen molar-refractivity contribution in [2.75, 3.05) is 6.54 Å². The highest BCUT2D eigenvalue weighted by Crippen LogP contribution is 2.25. The number of carbonyl (C=O) groups is 1. The molecule has 3 heteroatoms. The highest BCUT2D eigenvalue weighted by atomic mass is 16.1. The average molecular weight is 192 g/mol. The first-order valence-corrected chi connectivity index (χ1v) is 5.25. The zero-order chi connectivity index (χ0) is 9.80. The van der Waals surface area contributed by atoms with Crippen LogP contribution in [-0.2, 0) is 11.3 Å². The Balaban J connectivity index is 1.65. The number of nitrogens with one attached hydrogen (secondary N) is 1. The van der Waals surface area contributed by atoms with Crippen LogP contribution in [0.25, 0.3) is 0 Å². The van der Waals surface area contributed by atoms with Crippen LogP contribution in [0.1, 0.15) is 19.3 Å². The molecule has 14 heavy (non-hydrogen) atoms. The fraction of sp³-hybridized carbons (Fsp3) is 0.545. The molecule has 1 fully saturated rings. The summed E-state index contributed by atoms with van der Waals surface area (Å²) in [7, 11) is 0. The molecule has 0 atom stereocenters. The van der Waals surface area contributed by atoms with Crippen LogP contribution in [0.4, 0.5) is 0 Å². The largest absolute Gasteiger partial charge is 0.354 e. The van der Waals surface area contributed by atoms with Gasteiger partial charge in [-0.05, 0) is 25.0 Å². The van der Waals surface area contributed by atoms with Crippen LogP contribution < -0.4 is 5.32 Å². The maximum absolute atomic E-state index is 11.4. The van der Waals surface area contributed by atoms with E-state index in [1.807, 2.05) is 24.5 Å². The van der Waals surface area contributed by atoms with E-state index < -0.39 is 0 Å². The molecule has 0 radical (unpaired) electrons. The van der Waals surface area contributed by atoms with E-state index in [0.717, 1.165) is 25.9 Å². The highest BCUT2D eigenvalue weighted by molar-refractivity contribution is 5.79. The summed E-state index contributed by atoms with van der Waals surface area (Å²) >= 11 is 0. The van der Waals surface area contributed by atoms with Crippen molar-refractivity contribution < 1.29 is 4.79 Å². The molecule has 3 nitrogen and oxygen atoms in total. The zero-order valence-electron chi connectivity index (χ0n) is 8.28. The first-order chi connectivity index (χ1) is 6.86. The molecule has 1 heterocycles. The molecule has 1 aromatic rings.